The van der Waals surface area contributed by atoms with Gasteiger partial charge in [-0.15, -0.1) is 0 Å². The molecule has 7 heteroatoms. The van der Waals surface area contributed by atoms with Crippen LogP contribution in [0.2, 0.25) is 0 Å². The van der Waals surface area contributed by atoms with Crippen LogP contribution in [-0.4, -0.2) is 49.6 Å². The maximum absolute atomic E-state index is 12.4. The third-order valence-corrected chi connectivity index (χ3v) is 7.73. The summed E-state index contributed by atoms with van der Waals surface area (Å²) in [4.78, 5) is 7.19. The summed E-state index contributed by atoms with van der Waals surface area (Å²) in [6.07, 6.45) is 3.78. The molecule has 0 bridgehead atoms. The van der Waals surface area contributed by atoms with E-state index in [0.29, 0.717) is 12.6 Å². The number of pyridine rings is 1. The maximum Gasteiger partial charge on any atom is 0.240 e. The number of nitrogens with zero attached hydrogens (tertiary/aromatic N) is 2. The van der Waals surface area contributed by atoms with Crippen LogP contribution in [0.4, 0.5) is 0 Å². The van der Waals surface area contributed by atoms with Crippen LogP contribution in [0.15, 0.2) is 83.9 Å². The van der Waals surface area contributed by atoms with Gasteiger partial charge in [0.1, 0.15) is 0 Å². The van der Waals surface area contributed by atoms with Crippen LogP contribution in [0, 0.1) is 0 Å². The Morgan fingerprint density at radius 3 is 2.62 bits per heavy atom. The molecule has 3 atom stereocenters. The van der Waals surface area contributed by atoms with E-state index in [4.69, 9.17) is 4.74 Å². The number of sulfonamides is 1. The summed E-state index contributed by atoms with van der Waals surface area (Å²) < 4.78 is 33.8. The molecule has 0 amide bonds. The minimum absolute atomic E-state index is 0.0793. The third-order valence-electron chi connectivity index (χ3n) is 6.29. The van der Waals surface area contributed by atoms with Crippen molar-refractivity contribution < 1.29 is 13.2 Å². The van der Waals surface area contributed by atoms with Crippen molar-refractivity contribution in [1.29, 1.82) is 0 Å². The van der Waals surface area contributed by atoms with Gasteiger partial charge in [-0.25, -0.2) is 13.1 Å². The molecule has 2 aliphatic heterocycles. The van der Waals surface area contributed by atoms with Crippen LogP contribution in [0.3, 0.4) is 0 Å². The first-order valence-electron chi connectivity index (χ1n) is 11.0. The minimum atomic E-state index is -3.50. The standard InChI is InChI=1S/C25H27N3O3S/c29-32(30,22-9-2-1-3-10-22)27-16-21-12-13-24-25(31-21)18-28(24)17-19-7-6-8-20(15-19)23-11-4-5-14-26-23/h1-11,14-15,21,24-25,27H,12-13,16-18H2/t21-,24-,25-/m1/s1. The lowest BCUT2D eigenvalue weighted by molar-refractivity contribution is -0.168. The Morgan fingerprint density at radius 2 is 1.84 bits per heavy atom. The van der Waals surface area contributed by atoms with Gasteiger partial charge in [-0.1, -0.05) is 42.5 Å². The van der Waals surface area contributed by atoms with E-state index < -0.39 is 10.0 Å². The molecule has 0 spiro atoms. The summed E-state index contributed by atoms with van der Waals surface area (Å²) in [5.74, 6) is 0. The van der Waals surface area contributed by atoms with Gasteiger partial charge in [-0.3, -0.25) is 9.88 Å². The van der Waals surface area contributed by atoms with Gasteiger partial charge in [0, 0.05) is 37.4 Å². The Hall–Kier alpha value is -2.58. The topological polar surface area (TPSA) is 71.5 Å². The summed E-state index contributed by atoms with van der Waals surface area (Å²) in [6, 6.07) is 23.4. The van der Waals surface area contributed by atoms with Crippen molar-refractivity contribution in [1.82, 2.24) is 14.6 Å². The zero-order valence-corrected chi connectivity index (χ0v) is 18.6. The van der Waals surface area contributed by atoms with Crippen molar-refractivity contribution in [3.8, 4) is 11.3 Å². The molecular formula is C25H27N3O3S. The molecule has 3 aromatic rings. The highest BCUT2D eigenvalue weighted by atomic mass is 32.2. The van der Waals surface area contributed by atoms with E-state index in [9.17, 15) is 8.42 Å². The first-order chi connectivity index (χ1) is 15.6. The van der Waals surface area contributed by atoms with Gasteiger partial charge in [-0.2, -0.15) is 0 Å². The minimum Gasteiger partial charge on any atom is -0.371 e. The van der Waals surface area contributed by atoms with Crippen molar-refractivity contribution in [2.24, 2.45) is 0 Å². The van der Waals surface area contributed by atoms with Crippen molar-refractivity contribution in [3.05, 3.63) is 84.6 Å². The predicted octanol–water partition coefficient (Wildman–Crippen LogP) is 3.46. The van der Waals surface area contributed by atoms with E-state index in [1.54, 1.807) is 30.3 Å². The van der Waals surface area contributed by atoms with E-state index in [1.165, 1.54) is 5.56 Å². The second-order valence-electron chi connectivity index (χ2n) is 8.45. The van der Waals surface area contributed by atoms with Crippen LogP contribution in [-0.2, 0) is 21.3 Å². The third kappa shape index (κ3) is 4.61. The molecule has 5 rings (SSSR count). The van der Waals surface area contributed by atoms with Crippen LogP contribution in [0.25, 0.3) is 11.3 Å². The Balaban J connectivity index is 1.14. The molecule has 2 fully saturated rings. The fourth-order valence-corrected chi connectivity index (χ4v) is 5.66. The summed E-state index contributed by atoms with van der Waals surface area (Å²) in [5, 5.41) is 0. The number of benzene rings is 2. The molecule has 6 nitrogen and oxygen atoms in total. The monoisotopic (exact) mass is 449 g/mol. The van der Waals surface area contributed by atoms with Gasteiger partial charge in [0.25, 0.3) is 0 Å². The van der Waals surface area contributed by atoms with Crippen LogP contribution >= 0.6 is 0 Å². The number of hydrogen-bond acceptors (Lipinski definition) is 5. The highest BCUT2D eigenvalue weighted by Gasteiger charge is 2.43. The Kier molecular flexibility index (Phi) is 6.06. The van der Waals surface area contributed by atoms with E-state index in [1.807, 2.05) is 24.4 Å². The van der Waals surface area contributed by atoms with Crippen molar-refractivity contribution in [3.63, 3.8) is 0 Å². The van der Waals surface area contributed by atoms with Crippen LogP contribution in [0.1, 0.15) is 18.4 Å². The highest BCUT2D eigenvalue weighted by molar-refractivity contribution is 7.89. The summed E-state index contributed by atoms with van der Waals surface area (Å²) >= 11 is 0. The van der Waals surface area contributed by atoms with E-state index in [-0.39, 0.29) is 17.1 Å². The summed E-state index contributed by atoms with van der Waals surface area (Å²) in [7, 11) is -3.50. The normalized spacial score (nSPS) is 23.3. The number of nitrogens with one attached hydrogen (secondary N) is 1. The van der Waals surface area contributed by atoms with Gasteiger partial charge < -0.3 is 4.74 Å². The largest absolute Gasteiger partial charge is 0.371 e. The first-order valence-corrected chi connectivity index (χ1v) is 12.5. The van der Waals surface area contributed by atoms with Crippen molar-refractivity contribution >= 4 is 10.0 Å². The zero-order valence-electron chi connectivity index (χ0n) is 17.8. The number of ether oxygens (including phenoxy) is 1. The Morgan fingerprint density at radius 1 is 1.00 bits per heavy atom. The molecule has 0 aliphatic carbocycles. The van der Waals surface area contributed by atoms with E-state index in [0.717, 1.165) is 37.2 Å². The van der Waals surface area contributed by atoms with Gasteiger partial charge in [0.05, 0.1) is 22.8 Å². The molecule has 0 radical (unpaired) electrons. The van der Waals surface area contributed by atoms with Gasteiger partial charge >= 0.3 is 0 Å². The Labute approximate surface area is 189 Å². The number of fused-ring (bicyclic) bond motifs is 1. The summed E-state index contributed by atoms with van der Waals surface area (Å²) in [5.41, 5.74) is 3.38. The molecular weight excluding hydrogens is 422 g/mol. The lowest BCUT2D eigenvalue weighted by Crippen LogP contribution is -2.64. The smallest absolute Gasteiger partial charge is 0.240 e. The first kappa shape index (κ1) is 21.3. The molecule has 0 saturated carbocycles. The van der Waals surface area contributed by atoms with E-state index in [2.05, 4.69) is 38.9 Å². The number of hydrogen-bond donors (Lipinski definition) is 1. The van der Waals surface area contributed by atoms with Crippen LogP contribution < -0.4 is 4.72 Å². The second kappa shape index (κ2) is 9.11. The zero-order chi connectivity index (χ0) is 22.0. The number of aromatic nitrogens is 1. The molecule has 2 aliphatic rings. The van der Waals surface area contributed by atoms with E-state index >= 15 is 0 Å². The number of likely N-dealkylation sites (tertiary alicyclic amines) is 1. The van der Waals surface area contributed by atoms with Gasteiger partial charge in [0.2, 0.25) is 10.0 Å². The average molecular weight is 450 g/mol. The quantitative estimate of drug-likeness (QED) is 0.598. The van der Waals surface area contributed by atoms with Crippen molar-refractivity contribution in [2.45, 2.75) is 42.5 Å². The van der Waals surface area contributed by atoms with Crippen LogP contribution in [0.5, 0.6) is 0 Å². The molecule has 2 aromatic carbocycles. The predicted molar refractivity (Wildman–Crippen MR) is 123 cm³/mol. The molecule has 3 heterocycles. The lowest BCUT2D eigenvalue weighted by Gasteiger charge is -2.52. The van der Waals surface area contributed by atoms with Crippen molar-refractivity contribution in [2.75, 3.05) is 13.1 Å². The highest BCUT2D eigenvalue weighted by Crippen LogP contribution is 2.33. The lowest BCUT2D eigenvalue weighted by atomic mass is 9.89. The maximum atomic E-state index is 12.4. The molecule has 1 N–H and O–H groups in total. The molecule has 32 heavy (non-hydrogen) atoms. The van der Waals surface area contributed by atoms with Gasteiger partial charge in [-0.05, 0) is 48.7 Å². The number of rotatable bonds is 7. The molecule has 0 unspecified atom stereocenters. The molecule has 1 aromatic heterocycles. The fourth-order valence-electron chi connectivity index (χ4n) is 4.57. The fraction of sp³-hybridized carbons (Fsp3) is 0.320. The second-order valence-corrected chi connectivity index (χ2v) is 10.2. The Bertz CT molecular complexity index is 1160. The SMILES string of the molecule is O=S(=O)(NC[C@H]1CC[C@@H]2[C@@H](CN2Cc2cccc(-c3ccccn3)c2)O1)c1ccccc1. The molecule has 2 saturated heterocycles. The average Bonchev–Trinajstić information content (AvgIpc) is 2.83. The van der Waals surface area contributed by atoms with Gasteiger partial charge in [0.15, 0.2) is 0 Å². The summed E-state index contributed by atoms with van der Waals surface area (Å²) in [6.45, 7) is 2.07. The molecule has 166 valence electrons.